The third-order valence-corrected chi connectivity index (χ3v) is 5.59. The van der Waals surface area contributed by atoms with Gasteiger partial charge in [0.1, 0.15) is 21.3 Å². The maximum Gasteiger partial charge on any atom is 0.348 e. The van der Waals surface area contributed by atoms with Crippen molar-refractivity contribution in [2.45, 2.75) is 31.4 Å². The number of aryl methyl sites for hydroxylation is 2. The van der Waals surface area contributed by atoms with Crippen LogP contribution in [0.25, 0.3) is 10.2 Å². The Balaban J connectivity index is 1.97. The Morgan fingerprint density at radius 3 is 2.59 bits per heavy atom. The van der Waals surface area contributed by atoms with E-state index in [0.29, 0.717) is 50.3 Å². The highest BCUT2D eigenvalue weighted by Crippen LogP contribution is 2.36. The maximum atomic E-state index is 12.4. The minimum absolute atomic E-state index is 0.297. The number of carbonyl (C=O) groups is 1. The van der Waals surface area contributed by atoms with E-state index in [4.69, 9.17) is 4.74 Å². The number of fused-ring (bicyclic) bond motifs is 1. The summed E-state index contributed by atoms with van der Waals surface area (Å²) in [6, 6.07) is 6.66. The number of esters is 1. The van der Waals surface area contributed by atoms with Crippen LogP contribution in [0, 0.1) is 13.8 Å². The predicted octanol–water partition coefficient (Wildman–Crippen LogP) is 5.54. The van der Waals surface area contributed by atoms with Gasteiger partial charge in [0.05, 0.1) is 12.0 Å². The zero-order valence-corrected chi connectivity index (χ0v) is 16.5. The summed E-state index contributed by atoms with van der Waals surface area (Å²) >= 11 is 1.76. The molecule has 27 heavy (non-hydrogen) atoms. The van der Waals surface area contributed by atoms with Crippen LogP contribution >= 0.6 is 23.1 Å². The molecule has 0 amide bonds. The fourth-order valence-corrected chi connectivity index (χ4v) is 4.20. The van der Waals surface area contributed by atoms with Crippen molar-refractivity contribution in [3.8, 4) is 0 Å². The SMILES string of the molecule is CCOC(=O)c1sc2nc(C)nc(Nc3ccc(SC(F)F)cc3)c2c1C. The second-order valence-corrected chi connectivity index (χ2v) is 7.67. The standard InChI is InChI=1S/C18H17F2N3O2S2/c1-4-25-17(24)14-9(2)13-15(21-10(3)22-16(13)27-14)23-11-5-7-12(8-6-11)26-18(19)20/h5-8,18H,4H2,1-3H3,(H,21,22,23). The average molecular weight is 409 g/mol. The number of benzene rings is 1. The van der Waals surface area contributed by atoms with Gasteiger partial charge in [-0.15, -0.1) is 11.3 Å². The number of thioether (sulfide) groups is 1. The number of ether oxygens (including phenoxy) is 1. The molecule has 2 aromatic heterocycles. The molecule has 0 atom stereocenters. The van der Waals surface area contributed by atoms with Crippen LogP contribution in [0.4, 0.5) is 20.3 Å². The minimum atomic E-state index is -2.46. The van der Waals surface area contributed by atoms with Crippen molar-refractivity contribution in [2.75, 3.05) is 11.9 Å². The Hall–Kier alpha value is -2.26. The molecule has 2 heterocycles. The molecule has 5 nitrogen and oxygen atoms in total. The van der Waals surface area contributed by atoms with Crippen molar-refractivity contribution < 1.29 is 18.3 Å². The smallest absolute Gasteiger partial charge is 0.348 e. The van der Waals surface area contributed by atoms with Crippen molar-refractivity contribution in [3.05, 3.63) is 40.5 Å². The van der Waals surface area contributed by atoms with Gasteiger partial charge in [0.25, 0.3) is 5.76 Å². The van der Waals surface area contributed by atoms with Crippen LogP contribution in [0.1, 0.15) is 28.0 Å². The van der Waals surface area contributed by atoms with E-state index < -0.39 is 5.76 Å². The number of hydrogen-bond acceptors (Lipinski definition) is 7. The summed E-state index contributed by atoms with van der Waals surface area (Å²) in [5.41, 5.74) is 1.46. The topological polar surface area (TPSA) is 64.1 Å². The first-order chi connectivity index (χ1) is 12.9. The van der Waals surface area contributed by atoms with Gasteiger partial charge in [-0.1, -0.05) is 11.8 Å². The Morgan fingerprint density at radius 2 is 1.96 bits per heavy atom. The average Bonchev–Trinajstić information content (AvgIpc) is 2.93. The fourth-order valence-electron chi connectivity index (χ4n) is 2.58. The molecule has 0 aliphatic rings. The van der Waals surface area contributed by atoms with E-state index in [1.165, 1.54) is 11.3 Å². The van der Waals surface area contributed by atoms with Crippen molar-refractivity contribution in [3.63, 3.8) is 0 Å². The quantitative estimate of drug-likeness (QED) is 0.426. The van der Waals surface area contributed by atoms with E-state index in [2.05, 4.69) is 15.3 Å². The molecule has 0 unspecified atom stereocenters. The number of nitrogens with zero attached hydrogens (tertiary/aromatic N) is 2. The molecule has 1 N–H and O–H groups in total. The molecule has 142 valence electrons. The number of nitrogens with one attached hydrogen (secondary N) is 1. The molecular weight excluding hydrogens is 392 g/mol. The monoisotopic (exact) mass is 409 g/mol. The second kappa shape index (κ2) is 8.18. The van der Waals surface area contributed by atoms with Crippen LogP contribution in [-0.2, 0) is 4.74 Å². The van der Waals surface area contributed by atoms with E-state index in [-0.39, 0.29) is 5.97 Å². The number of halogens is 2. The lowest BCUT2D eigenvalue weighted by atomic mass is 10.2. The summed E-state index contributed by atoms with van der Waals surface area (Å²) in [5, 5.41) is 3.95. The predicted molar refractivity (Wildman–Crippen MR) is 104 cm³/mol. The number of aromatic nitrogens is 2. The summed E-state index contributed by atoms with van der Waals surface area (Å²) in [4.78, 5) is 22.7. The van der Waals surface area contributed by atoms with Gasteiger partial charge in [0.15, 0.2) is 0 Å². The molecule has 0 saturated heterocycles. The molecule has 0 bridgehead atoms. The molecule has 0 aliphatic heterocycles. The first-order valence-corrected chi connectivity index (χ1v) is 9.85. The Kier molecular flexibility index (Phi) is 5.91. The van der Waals surface area contributed by atoms with Crippen LogP contribution in [-0.4, -0.2) is 28.3 Å². The van der Waals surface area contributed by atoms with Gasteiger partial charge in [-0.05, 0) is 50.6 Å². The molecule has 3 rings (SSSR count). The number of carbonyl (C=O) groups excluding carboxylic acids is 1. The lowest BCUT2D eigenvalue weighted by molar-refractivity contribution is 0.0531. The van der Waals surface area contributed by atoms with E-state index in [0.717, 1.165) is 10.9 Å². The molecule has 0 saturated carbocycles. The van der Waals surface area contributed by atoms with Crippen LogP contribution < -0.4 is 5.32 Å². The van der Waals surface area contributed by atoms with Crippen LogP contribution in [0.2, 0.25) is 0 Å². The number of thiophene rings is 1. The fraction of sp³-hybridized carbons (Fsp3) is 0.278. The summed E-state index contributed by atoms with van der Waals surface area (Å²) in [5.74, 6) is -1.71. The van der Waals surface area contributed by atoms with Gasteiger partial charge in [-0.25, -0.2) is 14.8 Å². The molecule has 3 aromatic rings. The zero-order valence-electron chi connectivity index (χ0n) is 14.9. The molecule has 0 fully saturated rings. The second-order valence-electron chi connectivity index (χ2n) is 5.60. The summed E-state index contributed by atoms with van der Waals surface area (Å²) in [7, 11) is 0. The number of hydrogen-bond donors (Lipinski definition) is 1. The van der Waals surface area contributed by atoms with Gasteiger partial charge in [0, 0.05) is 10.6 Å². The number of anilines is 2. The van der Waals surface area contributed by atoms with Gasteiger partial charge < -0.3 is 10.1 Å². The van der Waals surface area contributed by atoms with Gasteiger partial charge in [-0.2, -0.15) is 8.78 Å². The number of rotatable bonds is 6. The third kappa shape index (κ3) is 4.36. The van der Waals surface area contributed by atoms with Gasteiger partial charge in [0.2, 0.25) is 0 Å². The van der Waals surface area contributed by atoms with Gasteiger partial charge in [-0.3, -0.25) is 0 Å². The van der Waals surface area contributed by atoms with E-state index in [9.17, 15) is 13.6 Å². The Bertz CT molecular complexity index is 975. The van der Waals surface area contributed by atoms with Gasteiger partial charge >= 0.3 is 5.97 Å². The largest absolute Gasteiger partial charge is 0.462 e. The Labute approximate surface area is 163 Å². The van der Waals surface area contributed by atoms with Crippen molar-refractivity contribution in [2.24, 2.45) is 0 Å². The van der Waals surface area contributed by atoms with E-state index >= 15 is 0 Å². The highest BCUT2D eigenvalue weighted by atomic mass is 32.2. The molecule has 0 radical (unpaired) electrons. The first kappa shape index (κ1) is 19.5. The van der Waals surface area contributed by atoms with Crippen LogP contribution in [0.5, 0.6) is 0 Å². The zero-order chi connectivity index (χ0) is 19.6. The third-order valence-electron chi connectivity index (χ3n) is 3.71. The van der Waals surface area contributed by atoms with Crippen molar-refractivity contribution in [1.82, 2.24) is 9.97 Å². The molecule has 0 aliphatic carbocycles. The molecular formula is C18H17F2N3O2S2. The lowest BCUT2D eigenvalue weighted by Gasteiger charge is -2.09. The van der Waals surface area contributed by atoms with Crippen molar-refractivity contribution >= 4 is 50.8 Å². The molecule has 0 spiro atoms. The van der Waals surface area contributed by atoms with Crippen LogP contribution in [0.15, 0.2) is 29.2 Å². The highest BCUT2D eigenvalue weighted by molar-refractivity contribution is 7.99. The van der Waals surface area contributed by atoms with Crippen molar-refractivity contribution in [1.29, 1.82) is 0 Å². The number of alkyl halides is 2. The summed E-state index contributed by atoms with van der Waals surface area (Å²) < 4.78 is 30.0. The normalized spacial score (nSPS) is 11.2. The van der Waals surface area contributed by atoms with E-state index in [1.807, 2.05) is 6.92 Å². The summed E-state index contributed by atoms with van der Waals surface area (Å²) in [6.07, 6.45) is 0. The first-order valence-electron chi connectivity index (χ1n) is 8.15. The molecule has 9 heteroatoms. The summed E-state index contributed by atoms with van der Waals surface area (Å²) in [6.45, 7) is 5.65. The highest BCUT2D eigenvalue weighted by Gasteiger charge is 2.21. The maximum absolute atomic E-state index is 12.4. The minimum Gasteiger partial charge on any atom is -0.462 e. The Morgan fingerprint density at radius 1 is 1.26 bits per heavy atom. The molecule has 1 aromatic carbocycles. The van der Waals surface area contributed by atoms with E-state index in [1.54, 1.807) is 38.1 Å². The lowest BCUT2D eigenvalue weighted by Crippen LogP contribution is -2.03. The van der Waals surface area contributed by atoms with Crippen LogP contribution in [0.3, 0.4) is 0 Å².